The first-order valence-electron chi connectivity index (χ1n) is 5.26. The van der Waals surface area contributed by atoms with Crippen molar-refractivity contribution in [2.45, 2.75) is 38.1 Å². The largest absolute Gasteiger partial charge is 0.480 e. The third kappa shape index (κ3) is 3.62. The van der Waals surface area contributed by atoms with E-state index in [0.717, 1.165) is 25.8 Å². The van der Waals surface area contributed by atoms with Crippen LogP contribution in [-0.2, 0) is 4.79 Å². The topological polar surface area (TPSA) is 49.3 Å². The van der Waals surface area contributed by atoms with E-state index in [1.807, 2.05) is 0 Å². The summed E-state index contributed by atoms with van der Waals surface area (Å²) in [4.78, 5) is 10.7. The number of aliphatic carboxylic acids is 1. The van der Waals surface area contributed by atoms with Gasteiger partial charge in [-0.3, -0.25) is 9.18 Å². The number of hydrogen-bond acceptors (Lipinski definition) is 2. The van der Waals surface area contributed by atoms with Crippen LogP contribution in [0.5, 0.6) is 0 Å². The molecule has 1 rings (SSSR count). The molecule has 82 valence electrons. The normalized spacial score (nSPS) is 28.4. The Morgan fingerprint density at radius 2 is 2.21 bits per heavy atom. The smallest absolute Gasteiger partial charge is 0.320 e. The van der Waals surface area contributed by atoms with E-state index >= 15 is 0 Å². The van der Waals surface area contributed by atoms with Crippen LogP contribution in [-0.4, -0.2) is 30.3 Å². The number of rotatable bonds is 4. The van der Waals surface area contributed by atoms with E-state index in [-0.39, 0.29) is 6.67 Å². The molecule has 0 aromatic heterocycles. The summed E-state index contributed by atoms with van der Waals surface area (Å²) in [6.07, 6.45) is 4.06. The summed E-state index contributed by atoms with van der Waals surface area (Å²) >= 11 is 0. The number of hydrogen-bond donors (Lipinski definition) is 2. The molecule has 1 fully saturated rings. The molecule has 2 atom stereocenters. The van der Waals surface area contributed by atoms with Gasteiger partial charge in [0.15, 0.2) is 0 Å². The summed E-state index contributed by atoms with van der Waals surface area (Å²) < 4.78 is 11.9. The average molecular weight is 203 g/mol. The second-order valence-electron chi connectivity index (χ2n) is 3.91. The van der Waals surface area contributed by atoms with Crippen LogP contribution in [0.2, 0.25) is 0 Å². The molecule has 0 aliphatic carbocycles. The number of alkyl halides is 1. The lowest BCUT2D eigenvalue weighted by Gasteiger charge is -2.11. The van der Waals surface area contributed by atoms with Crippen molar-refractivity contribution in [3.05, 3.63) is 0 Å². The molecule has 2 N–H and O–H groups in total. The molecule has 0 radical (unpaired) electrons. The molecule has 14 heavy (non-hydrogen) atoms. The number of halogens is 1. The molecule has 1 aliphatic rings. The SMILES string of the molecule is O=C(O)C1CCC(CCCF)CCN1. The van der Waals surface area contributed by atoms with E-state index in [0.29, 0.717) is 18.8 Å². The van der Waals surface area contributed by atoms with Crippen molar-refractivity contribution in [2.75, 3.05) is 13.2 Å². The van der Waals surface area contributed by atoms with E-state index in [2.05, 4.69) is 5.32 Å². The van der Waals surface area contributed by atoms with Gasteiger partial charge in [0.1, 0.15) is 6.04 Å². The first-order valence-corrected chi connectivity index (χ1v) is 5.26. The Balaban J connectivity index is 2.29. The van der Waals surface area contributed by atoms with Crippen molar-refractivity contribution in [3.8, 4) is 0 Å². The Hall–Kier alpha value is -0.640. The van der Waals surface area contributed by atoms with Gasteiger partial charge in [0.05, 0.1) is 6.67 Å². The monoisotopic (exact) mass is 203 g/mol. The maximum absolute atomic E-state index is 11.9. The lowest BCUT2D eigenvalue weighted by atomic mass is 9.94. The number of nitrogens with one attached hydrogen (secondary N) is 1. The Labute approximate surface area is 83.7 Å². The molecule has 2 unspecified atom stereocenters. The molecule has 0 saturated carbocycles. The van der Waals surface area contributed by atoms with Gasteiger partial charge in [0, 0.05) is 0 Å². The zero-order chi connectivity index (χ0) is 10.4. The third-order valence-corrected chi connectivity index (χ3v) is 2.85. The molecule has 0 amide bonds. The molecule has 0 bridgehead atoms. The number of carbonyl (C=O) groups is 1. The Morgan fingerprint density at radius 3 is 2.86 bits per heavy atom. The minimum Gasteiger partial charge on any atom is -0.480 e. The van der Waals surface area contributed by atoms with Crippen molar-refractivity contribution in [1.29, 1.82) is 0 Å². The molecular formula is C10H18FNO2. The summed E-state index contributed by atoms with van der Waals surface area (Å²) in [5, 5.41) is 11.8. The standard InChI is InChI=1S/C10H18FNO2/c11-6-1-2-8-3-4-9(10(13)14)12-7-5-8/h8-9,12H,1-7H2,(H,13,14). The van der Waals surface area contributed by atoms with Gasteiger partial charge in [-0.1, -0.05) is 0 Å². The van der Waals surface area contributed by atoms with Gasteiger partial charge in [-0.25, -0.2) is 0 Å². The van der Waals surface area contributed by atoms with E-state index in [4.69, 9.17) is 5.11 Å². The Kier molecular flexibility index (Phi) is 4.87. The molecule has 3 nitrogen and oxygen atoms in total. The van der Waals surface area contributed by atoms with Crippen LogP contribution in [0.25, 0.3) is 0 Å². The van der Waals surface area contributed by atoms with Crippen molar-refractivity contribution >= 4 is 5.97 Å². The van der Waals surface area contributed by atoms with Crippen LogP contribution in [0.1, 0.15) is 32.1 Å². The summed E-state index contributed by atoms with van der Waals surface area (Å²) in [7, 11) is 0. The van der Waals surface area contributed by atoms with Gasteiger partial charge in [-0.05, 0) is 44.6 Å². The molecule has 0 spiro atoms. The molecule has 1 heterocycles. The first kappa shape index (κ1) is 11.4. The highest BCUT2D eigenvalue weighted by Crippen LogP contribution is 2.21. The summed E-state index contributed by atoms with van der Waals surface area (Å²) in [6, 6.07) is -0.398. The molecule has 1 saturated heterocycles. The fourth-order valence-corrected chi connectivity index (χ4v) is 1.98. The number of carboxylic acid groups (broad SMARTS) is 1. The van der Waals surface area contributed by atoms with Crippen molar-refractivity contribution in [1.82, 2.24) is 5.32 Å². The summed E-state index contributed by atoms with van der Waals surface area (Å²) in [5.41, 5.74) is 0. The molecule has 0 aromatic rings. The lowest BCUT2D eigenvalue weighted by molar-refractivity contribution is -0.139. The maximum Gasteiger partial charge on any atom is 0.320 e. The summed E-state index contributed by atoms with van der Waals surface area (Å²) in [6.45, 7) is 0.486. The summed E-state index contributed by atoms with van der Waals surface area (Å²) in [5.74, 6) is -0.265. The third-order valence-electron chi connectivity index (χ3n) is 2.85. The molecule has 1 aliphatic heterocycles. The minimum absolute atomic E-state index is 0.258. The van der Waals surface area contributed by atoms with Crippen LogP contribution in [0, 0.1) is 5.92 Å². The first-order chi connectivity index (χ1) is 6.74. The second kappa shape index (κ2) is 5.96. The predicted molar refractivity (Wildman–Crippen MR) is 52.0 cm³/mol. The Morgan fingerprint density at radius 1 is 1.43 bits per heavy atom. The van der Waals surface area contributed by atoms with E-state index < -0.39 is 12.0 Å². The van der Waals surface area contributed by atoms with E-state index in [1.54, 1.807) is 0 Å². The van der Waals surface area contributed by atoms with Gasteiger partial charge in [0.25, 0.3) is 0 Å². The fraction of sp³-hybridized carbons (Fsp3) is 0.900. The van der Waals surface area contributed by atoms with Crippen LogP contribution in [0.3, 0.4) is 0 Å². The van der Waals surface area contributed by atoms with Crippen molar-refractivity contribution < 1.29 is 14.3 Å². The fourth-order valence-electron chi connectivity index (χ4n) is 1.98. The van der Waals surface area contributed by atoms with Gasteiger partial charge in [-0.2, -0.15) is 0 Å². The molecular weight excluding hydrogens is 185 g/mol. The zero-order valence-corrected chi connectivity index (χ0v) is 8.34. The van der Waals surface area contributed by atoms with Gasteiger partial charge < -0.3 is 10.4 Å². The second-order valence-corrected chi connectivity index (χ2v) is 3.91. The Bertz CT molecular complexity index is 187. The number of carboxylic acids is 1. The van der Waals surface area contributed by atoms with E-state index in [9.17, 15) is 9.18 Å². The van der Waals surface area contributed by atoms with Crippen LogP contribution >= 0.6 is 0 Å². The zero-order valence-electron chi connectivity index (χ0n) is 8.34. The quantitative estimate of drug-likeness (QED) is 0.729. The lowest BCUT2D eigenvalue weighted by Crippen LogP contribution is -2.35. The van der Waals surface area contributed by atoms with Crippen LogP contribution in [0.4, 0.5) is 4.39 Å². The highest BCUT2D eigenvalue weighted by molar-refractivity contribution is 5.73. The molecule has 0 aromatic carbocycles. The van der Waals surface area contributed by atoms with Crippen molar-refractivity contribution in [3.63, 3.8) is 0 Å². The molecule has 4 heteroatoms. The highest BCUT2D eigenvalue weighted by atomic mass is 19.1. The van der Waals surface area contributed by atoms with E-state index in [1.165, 1.54) is 0 Å². The maximum atomic E-state index is 11.9. The highest BCUT2D eigenvalue weighted by Gasteiger charge is 2.22. The average Bonchev–Trinajstić information content (AvgIpc) is 2.39. The predicted octanol–water partition coefficient (Wildman–Crippen LogP) is 1.58. The van der Waals surface area contributed by atoms with Gasteiger partial charge >= 0.3 is 5.97 Å². The van der Waals surface area contributed by atoms with Gasteiger partial charge in [0.2, 0.25) is 0 Å². The van der Waals surface area contributed by atoms with Gasteiger partial charge in [-0.15, -0.1) is 0 Å². The van der Waals surface area contributed by atoms with Crippen LogP contribution < -0.4 is 5.32 Å². The van der Waals surface area contributed by atoms with Crippen molar-refractivity contribution in [2.24, 2.45) is 5.92 Å². The van der Waals surface area contributed by atoms with Crippen LogP contribution in [0.15, 0.2) is 0 Å². The minimum atomic E-state index is -0.767.